The van der Waals surface area contributed by atoms with Crippen LogP contribution in [-0.2, 0) is 4.79 Å². The highest BCUT2D eigenvalue weighted by molar-refractivity contribution is 5.70. The van der Waals surface area contributed by atoms with Gasteiger partial charge in [0.15, 0.2) is 11.5 Å². The number of carbonyl (C=O) groups is 1. The van der Waals surface area contributed by atoms with Gasteiger partial charge in [-0.1, -0.05) is 12.5 Å². The first kappa shape index (κ1) is 14.2. The summed E-state index contributed by atoms with van der Waals surface area (Å²) in [4.78, 5) is 11.2. The van der Waals surface area contributed by atoms with Gasteiger partial charge in [0.05, 0.1) is 5.92 Å². The summed E-state index contributed by atoms with van der Waals surface area (Å²) in [7, 11) is 0. The maximum Gasteiger partial charge on any atom is 0.306 e. The molecule has 0 saturated heterocycles. The lowest BCUT2D eigenvalue weighted by Crippen LogP contribution is -2.30. The smallest absolute Gasteiger partial charge is 0.306 e. The molecule has 3 rings (SSSR count). The minimum Gasteiger partial charge on any atom is -0.481 e. The predicted octanol–water partition coefficient (Wildman–Crippen LogP) is 2.57. The van der Waals surface area contributed by atoms with Gasteiger partial charge in [-0.05, 0) is 49.9 Å². The quantitative estimate of drug-likeness (QED) is 0.872. The Morgan fingerprint density at radius 2 is 2.19 bits per heavy atom. The molecule has 1 saturated carbocycles. The number of benzene rings is 1. The minimum absolute atomic E-state index is 0.162. The van der Waals surface area contributed by atoms with E-state index in [1.54, 1.807) is 0 Å². The monoisotopic (exact) mass is 291 g/mol. The number of fused-ring (bicyclic) bond motifs is 1. The summed E-state index contributed by atoms with van der Waals surface area (Å²) in [5, 5.41) is 12.7. The van der Waals surface area contributed by atoms with Gasteiger partial charge < -0.3 is 19.9 Å². The molecule has 1 aromatic carbocycles. The number of carboxylic acids is 1. The van der Waals surface area contributed by atoms with Gasteiger partial charge in [0.1, 0.15) is 0 Å². The Balaban J connectivity index is 1.59. The number of aliphatic carboxylic acids is 1. The van der Waals surface area contributed by atoms with Gasteiger partial charge in [0, 0.05) is 6.04 Å². The number of nitrogens with one attached hydrogen (secondary N) is 1. The van der Waals surface area contributed by atoms with Crippen molar-refractivity contribution >= 4 is 5.97 Å². The molecule has 0 spiro atoms. The molecule has 2 N–H and O–H groups in total. The molecule has 5 heteroatoms. The van der Waals surface area contributed by atoms with Gasteiger partial charge in [0.2, 0.25) is 6.79 Å². The number of carboxylic acid groups (broad SMARTS) is 1. The third kappa shape index (κ3) is 2.97. The molecule has 1 fully saturated rings. The first-order chi connectivity index (χ1) is 10.1. The van der Waals surface area contributed by atoms with E-state index in [2.05, 4.69) is 12.2 Å². The highest BCUT2D eigenvalue weighted by Gasteiger charge is 2.32. The largest absolute Gasteiger partial charge is 0.481 e. The SMILES string of the molecule is CC(NCC1CCCC1C(=O)O)c1ccc2c(c1)OCO2. The third-order valence-corrected chi connectivity index (χ3v) is 4.56. The summed E-state index contributed by atoms with van der Waals surface area (Å²) in [6.45, 7) is 3.11. The molecule has 21 heavy (non-hydrogen) atoms. The predicted molar refractivity (Wildman–Crippen MR) is 77.4 cm³/mol. The van der Waals surface area contributed by atoms with Crippen molar-refractivity contribution in [3.05, 3.63) is 23.8 Å². The lowest BCUT2D eigenvalue weighted by Gasteiger charge is -2.20. The van der Waals surface area contributed by atoms with Crippen molar-refractivity contribution in [1.29, 1.82) is 0 Å². The molecular weight excluding hydrogens is 270 g/mol. The second kappa shape index (κ2) is 5.93. The van der Waals surface area contributed by atoms with Crippen molar-refractivity contribution in [2.24, 2.45) is 11.8 Å². The first-order valence-electron chi connectivity index (χ1n) is 7.51. The van der Waals surface area contributed by atoms with Crippen LogP contribution in [0.1, 0.15) is 37.8 Å². The van der Waals surface area contributed by atoms with E-state index in [9.17, 15) is 9.90 Å². The Kier molecular flexibility index (Phi) is 4.01. The summed E-state index contributed by atoms with van der Waals surface area (Å²) in [6, 6.07) is 6.10. The third-order valence-electron chi connectivity index (χ3n) is 4.56. The first-order valence-corrected chi connectivity index (χ1v) is 7.51. The molecule has 1 aliphatic heterocycles. The van der Waals surface area contributed by atoms with Crippen molar-refractivity contribution in [2.75, 3.05) is 13.3 Å². The molecule has 1 aromatic rings. The van der Waals surface area contributed by atoms with E-state index in [1.165, 1.54) is 0 Å². The second-order valence-electron chi connectivity index (χ2n) is 5.88. The maximum atomic E-state index is 11.2. The molecule has 0 aromatic heterocycles. The Hall–Kier alpha value is -1.75. The molecule has 0 bridgehead atoms. The van der Waals surface area contributed by atoms with Crippen LogP contribution in [0.3, 0.4) is 0 Å². The van der Waals surface area contributed by atoms with Crippen LogP contribution >= 0.6 is 0 Å². The van der Waals surface area contributed by atoms with E-state index >= 15 is 0 Å². The van der Waals surface area contributed by atoms with Gasteiger partial charge in [-0.25, -0.2) is 0 Å². The fourth-order valence-corrected chi connectivity index (χ4v) is 3.23. The van der Waals surface area contributed by atoms with Gasteiger partial charge >= 0.3 is 5.97 Å². The number of hydrogen-bond acceptors (Lipinski definition) is 4. The van der Waals surface area contributed by atoms with Crippen molar-refractivity contribution in [2.45, 2.75) is 32.2 Å². The zero-order chi connectivity index (χ0) is 14.8. The van der Waals surface area contributed by atoms with Crippen molar-refractivity contribution in [3.8, 4) is 11.5 Å². The Morgan fingerprint density at radius 1 is 1.38 bits per heavy atom. The summed E-state index contributed by atoms with van der Waals surface area (Å²) < 4.78 is 10.7. The van der Waals surface area contributed by atoms with E-state index in [-0.39, 0.29) is 24.7 Å². The van der Waals surface area contributed by atoms with Crippen molar-refractivity contribution < 1.29 is 19.4 Å². The van der Waals surface area contributed by atoms with E-state index in [4.69, 9.17) is 9.47 Å². The van der Waals surface area contributed by atoms with Gasteiger partial charge in [-0.15, -0.1) is 0 Å². The van der Waals surface area contributed by atoms with Gasteiger partial charge in [0.25, 0.3) is 0 Å². The molecular formula is C16H21NO4. The molecule has 5 nitrogen and oxygen atoms in total. The fraction of sp³-hybridized carbons (Fsp3) is 0.562. The summed E-state index contributed by atoms with van der Waals surface area (Å²) in [6.07, 6.45) is 2.82. The normalized spacial score (nSPS) is 25.0. The van der Waals surface area contributed by atoms with Crippen LogP contribution in [0.4, 0.5) is 0 Å². The molecule has 114 valence electrons. The van der Waals surface area contributed by atoms with Crippen LogP contribution in [0, 0.1) is 11.8 Å². The molecule has 0 amide bonds. The lowest BCUT2D eigenvalue weighted by atomic mass is 9.95. The molecule has 2 aliphatic rings. The lowest BCUT2D eigenvalue weighted by molar-refractivity contribution is -0.142. The molecule has 1 heterocycles. The van der Waals surface area contributed by atoms with E-state index in [1.807, 2.05) is 18.2 Å². The minimum atomic E-state index is -0.657. The van der Waals surface area contributed by atoms with Gasteiger partial charge in [-0.3, -0.25) is 4.79 Å². The maximum absolute atomic E-state index is 11.2. The van der Waals surface area contributed by atoms with Crippen LogP contribution in [0.15, 0.2) is 18.2 Å². The Morgan fingerprint density at radius 3 is 3.00 bits per heavy atom. The standard InChI is InChI=1S/C16H21NO4/c1-10(11-5-6-14-15(7-11)21-9-20-14)17-8-12-3-2-4-13(12)16(18)19/h5-7,10,12-13,17H,2-4,8-9H2,1H3,(H,18,19). The molecule has 1 aliphatic carbocycles. The van der Waals surface area contributed by atoms with Crippen LogP contribution in [-0.4, -0.2) is 24.4 Å². The fourth-order valence-electron chi connectivity index (χ4n) is 3.23. The molecule has 0 radical (unpaired) electrons. The van der Waals surface area contributed by atoms with Crippen LogP contribution < -0.4 is 14.8 Å². The Bertz CT molecular complexity index is 531. The van der Waals surface area contributed by atoms with Crippen LogP contribution in [0.5, 0.6) is 11.5 Å². The molecule has 3 unspecified atom stereocenters. The highest BCUT2D eigenvalue weighted by atomic mass is 16.7. The molecule has 3 atom stereocenters. The summed E-state index contributed by atoms with van der Waals surface area (Å²) >= 11 is 0. The number of hydrogen-bond donors (Lipinski definition) is 2. The summed E-state index contributed by atoms with van der Waals surface area (Å²) in [5.41, 5.74) is 1.13. The average molecular weight is 291 g/mol. The zero-order valence-electron chi connectivity index (χ0n) is 12.2. The van der Waals surface area contributed by atoms with Crippen molar-refractivity contribution in [1.82, 2.24) is 5.32 Å². The van der Waals surface area contributed by atoms with E-state index in [0.717, 1.165) is 42.9 Å². The topological polar surface area (TPSA) is 67.8 Å². The highest BCUT2D eigenvalue weighted by Crippen LogP contribution is 2.35. The van der Waals surface area contributed by atoms with E-state index in [0.29, 0.717) is 0 Å². The Labute approximate surface area is 124 Å². The van der Waals surface area contributed by atoms with Gasteiger partial charge in [-0.2, -0.15) is 0 Å². The average Bonchev–Trinajstić information content (AvgIpc) is 3.12. The number of rotatable bonds is 5. The van der Waals surface area contributed by atoms with E-state index < -0.39 is 5.97 Å². The zero-order valence-corrected chi connectivity index (χ0v) is 12.2. The second-order valence-corrected chi connectivity index (χ2v) is 5.88. The van der Waals surface area contributed by atoms with Crippen LogP contribution in [0.25, 0.3) is 0 Å². The van der Waals surface area contributed by atoms with Crippen LogP contribution in [0.2, 0.25) is 0 Å². The summed E-state index contributed by atoms with van der Waals surface area (Å²) in [5.74, 6) is 0.952. The van der Waals surface area contributed by atoms with Crippen molar-refractivity contribution in [3.63, 3.8) is 0 Å². The number of ether oxygens (including phenoxy) is 2.